The van der Waals surface area contributed by atoms with Gasteiger partial charge >= 0.3 is 6.18 Å². The number of hydrogen-bond donors (Lipinski definition) is 2. The Balaban J connectivity index is 1.48. The van der Waals surface area contributed by atoms with Gasteiger partial charge in [-0.05, 0) is 38.8 Å². The molecule has 0 aliphatic heterocycles. The Bertz CT molecular complexity index is 1360. The Kier molecular flexibility index (Phi) is 6.21. The summed E-state index contributed by atoms with van der Waals surface area (Å²) in [6.07, 6.45) is 1.14. The van der Waals surface area contributed by atoms with Gasteiger partial charge in [-0.15, -0.1) is 0 Å². The van der Waals surface area contributed by atoms with Crippen molar-refractivity contribution < 1.29 is 26.4 Å². The van der Waals surface area contributed by atoms with E-state index in [1.807, 2.05) is 0 Å². The van der Waals surface area contributed by atoms with Crippen LogP contribution in [0.3, 0.4) is 0 Å². The number of alkyl halides is 3. The number of carbonyl (C=O) groups is 1. The van der Waals surface area contributed by atoms with E-state index in [0.29, 0.717) is 30.3 Å². The molecular formula is C22H21F3N6O3S. The van der Waals surface area contributed by atoms with E-state index >= 15 is 0 Å². The first kappa shape index (κ1) is 24.5. The van der Waals surface area contributed by atoms with Gasteiger partial charge in [-0.2, -0.15) is 13.2 Å². The van der Waals surface area contributed by atoms with Crippen molar-refractivity contribution in [3.05, 3.63) is 66.0 Å². The molecule has 0 atom stereocenters. The highest BCUT2D eigenvalue weighted by Gasteiger charge is 2.36. The standard InChI is InChI=1S/C22H21F3N6O3S/c1-21(2,17-10-27-12-19(29-17)31-35(33,34)15-7-8-15)30-20(32)14-5-3-13(4-6-14)16-9-26-11-18(28-16)22(23,24)25/h3-6,9-12,15H,7-8H2,1-2H3,(H,29,31)(H,30,32). The molecule has 0 unspecified atom stereocenters. The number of benzene rings is 1. The van der Waals surface area contributed by atoms with Gasteiger partial charge in [0.05, 0.1) is 47.0 Å². The van der Waals surface area contributed by atoms with E-state index in [-0.39, 0.29) is 17.1 Å². The lowest BCUT2D eigenvalue weighted by molar-refractivity contribution is -0.141. The monoisotopic (exact) mass is 506 g/mol. The summed E-state index contributed by atoms with van der Waals surface area (Å²) < 4.78 is 65.4. The molecule has 2 N–H and O–H groups in total. The molecule has 1 saturated carbocycles. The van der Waals surface area contributed by atoms with E-state index in [9.17, 15) is 26.4 Å². The van der Waals surface area contributed by atoms with Crippen LogP contribution in [-0.4, -0.2) is 39.5 Å². The smallest absolute Gasteiger partial charge is 0.341 e. The van der Waals surface area contributed by atoms with E-state index in [4.69, 9.17) is 0 Å². The zero-order valence-corrected chi connectivity index (χ0v) is 19.5. The number of anilines is 1. The number of carbonyl (C=O) groups excluding carboxylic acids is 1. The highest BCUT2D eigenvalue weighted by Crippen LogP contribution is 2.30. The summed E-state index contributed by atoms with van der Waals surface area (Å²) in [5.41, 5.74) is -1.16. The molecule has 13 heteroatoms. The minimum atomic E-state index is -4.62. The summed E-state index contributed by atoms with van der Waals surface area (Å²) in [6.45, 7) is 3.36. The third-order valence-corrected chi connectivity index (χ3v) is 7.12. The van der Waals surface area contributed by atoms with Crippen molar-refractivity contribution in [2.75, 3.05) is 4.72 Å². The number of sulfonamides is 1. The number of aromatic nitrogens is 4. The van der Waals surface area contributed by atoms with Gasteiger partial charge in [0.25, 0.3) is 5.91 Å². The topological polar surface area (TPSA) is 127 Å². The first-order valence-corrected chi connectivity index (χ1v) is 12.1. The molecule has 1 fully saturated rings. The van der Waals surface area contributed by atoms with Crippen LogP contribution in [0.15, 0.2) is 49.1 Å². The van der Waals surface area contributed by atoms with Gasteiger partial charge < -0.3 is 5.32 Å². The summed E-state index contributed by atoms with van der Waals surface area (Å²) in [4.78, 5) is 28.3. The molecule has 1 aliphatic rings. The average Bonchev–Trinajstić information content (AvgIpc) is 3.65. The van der Waals surface area contributed by atoms with Crippen LogP contribution in [0.2, 0.25) is 0 Å². The molecule has 2 heterocycles. The SMILES string of the molecule is CC(C)(NC(=O)c1ccc(-c2cncc(C(F)(F)F)n2)cc1)c1cncc(NS(=O)(=O)C2CC2)n1. The van der Waals surface area contributed by atoms with Crippen LogP contribution in [0.25, 0.3) is 11.3 Å². The van der Waals surface area contributed by atoms with Crippen molar-refractivity contribution in [2.24, 2.45) is 0 Å². The van der Waals surface area contributed by atoms with Crippen molar-refractivity contribution in [1.82, 2.24) is 25.3 Å². The molecule has 0 saturated heterocycles. The molecule has 9 nitrogen and oxygen atoms in total. The molecule has 0 radical (unpaired) electrons. The molecule has 35 heavy (non-hydrogen) atoms. The summed E-state index contributed by atoms with van der Waals surface area (Å²) in [5, 5.41) is 2.38. The maximum atomic E-state index is 12.9. The van der Waals surface area contributed by atoms with Gasteiger partial charge in [0.15, 0.2) is 11.5 Å². The van der Waals surface area contributed by atoms with Gasteiger partial charge in [0.2, 0.25) is 10.0 Å². The van der Waals surface area contributed by atoms with E-state index in [2.05, 4.69) is 30.0 Å². The summed E-state index contributed by atoms with van der Waals surface area (Å²) in [7, 11) is -3.52. The van der Waals surface area contributed by atoms with Crippen LogP contribution in [0.4, 0.5) is 19.0 Å². The van der Waals surface area contributed by atoms with Gasteiger partial charge in [-0.25, -0.2) is 18.4 Å². The van der Waals surface area contributed by atoms with E-state index in [0.717, 1.165) is 0 Å². The maximum absolute atomic E-state index is 12.9. The first-order valence-electron chi connectivity index (χ1n) is 10.5. The van der Waals surface area contributed by atoms with Gasteiger partial charge in [-0.1, -0.05) is 12.1 Å². The summed E-state index contributed by atoms with van der Waals surface area (Å²) >= 11 is 0. The number of nitrogens with zero attached hydrogens (tertiary/aromatic N) is 4. The molecular weight excluding hydrogens is 485 g/mol. The Hall–Kier alpha value is -3.61. The van der Waals surface area contributed by atoms with Crippen molar-refractivity contribution in [3.63, 3.8) is 0 Å². The molecule has 0 spiro atoms. The Morgan fingerprint density at radius 2 is 1.57 bits per heavy atom. The van der Waals surface area contributed by atoms with Gasteiger partial charge in [0.1, 0.15) is 0 Å². The lowest BCUT2D eigenvalue weighted by Crippen LogP contribution is -2.41. The highest BCUT2D eigenvalue weighted by molar-refractivity contribution is 7.93. The predicted octanol–water partition coefficient (Wildman–Crippen LogP) is 3.52. The molecule has 4 rings (SSSR count). The molecule has 1 aliphatic carbocycles. The van der Waals surface area contributed by atoms with Crippen LogP contribution in [0, 0.1) is 0 Å². The van der Waals surface area contributed by atoms with Crippen LogP contribution in [0.5, 0.6) is 0 Å². The van der Waals surface area contributed by atoms with Crippen molar-refractivity contribution in [3.8, 4) is 11.3 Å². The molecule has 3 aromatic rings. The van der Waals surface area contributed by atoms with E-state index in [1.165, 1.54) is 42.9 Å². The lowest BCUT2D eigenvalue weighted by atomic mass is 10.00. The Morgan fingerprint density at radius 1 is 0.943 bits per heavy atom. The number of nitrogens with one attached hydrogen (secondary N) is 2. The Labute approximate surface area is 199 Å². The number of hydrogen-bond acceptors (Lipinski definition) is 7. The zero-order chi connectivity index (χ0) is 25.4. The number of halogens is 3. The van der Waals surface area contributed by atoms with Crippen LogP contribution < -0.4 is 10.0 Å². The van der Waals surface area contributed by atoms with E-state index < -0.39 is 38.6 Å². The quantitative estimate of drug-likeness (QED) is 0.502. The van der Waals surface area contributed by atoms with Crippen LogP contribution in [0.1, 0.15) is 48.4 Å². The third kappa shape index (κ3) is 5.73. The molecule has 1 amide bonds. The van der Waals surface area contributed by atoms with Crippen molar-refractivity contribution >= 4 is 21.7 Å². The fourth-order valence-electron chi connectivity index (χ4n) is 3.18. The van der Waals surface area contributed by atoms with Gasteiger partial charge in [-0.3, -0.25) is 19.5 Å². The molecule has 1 aromatic carbocycles. The number of amides is 1. The van der Waals surface area contributed by atoms with Crippen LogP contribution >= 0.6 is 0 Å². The van der Waals surface area contributed by atoms with Crippen LogP contribution in [-0.2, 0) is 21.7 Å². The summed E-state index contributed by atoms with van der Waals surface area (Å²) in [6, 6.07) is 5.85. The molecule has 2 aromatic heterocycles. The second kappa shape index (κ2) is 8.87. The fraction of sp³-hybridized carbons (Fsp3) is 0.318. The third-order valence-electron chi connectivity index (χ3n) is 5.28. The minimum Gasteiger partial charge on any atom is -0.341 e. The Morgan fingerprint density at radius 3 is 2.20 bits per heavy atom. The van der Waals surface area contributed by atoms with Gasteiger partial charge in [0, 0.05) is 11.1 Å². The molecule has 184 valence electrons. The van der Waals surface area contributed by atoms with E-state index in [1.54, 1.807) is 13.8 Å². The summed E-state index contributed by atoms with van der Waals surface area (Å²) in [5.74, 6) is -0.411. The largest absolute Gasteiger partial charge is 0.434 e. The second-order valence-electron chi connectivity index (χ2n) is 8.58. The fourth-order valence-corrected chi connectivity index (χ4v) is 4.49. The maximum Gasteiger partial charge on any atom is 0.434 e. The second-order valence-corrected chi connectivity index (χ2v) is 10.5. The molecule has 0 bridgehead atoms. The lowest BCUT2D eigenvalue weighted by Gasteiger charge is -2.26. The number of rotatable bonds is 7. The first-order chi connectivity index (χ1) is 16.3. The minimum absolute atomic E-state index is 0.0212. The van der Waals surface area contributed by atoms with Crippen molar-refractivity contribution in [2.45, 2.75) is 43.7 Å². The zero-order valence-electron chi connectivity index (χ0n) is 18.7. The average molecular weight is 507 g/mol. The highest BCUT2D eigenvalue weighted by atomic mass is 32.2. The predicted molar refractivity (Wildman–Crippen MR) is 121 cm³/mol. The van der Waals surface area contributed by atoms with Crippen molar-refractivity contribution in [1.29, 1.82) is 0 Å². The normalized spacial score (nSPS) is 14.4.